The molecule has 7 nitrogen and oxygen atoms in total. The highest BCUT2D eigenvalue weighted by molar-refractivity contribution is 6.31. The molecule has 1 aromatic carbocycles. The maximum Gasteiger partial charge on any atom is 0.319 e. The number of hydrogen-bond donors (Lipinski definition) is 3. The first-order valence-corrected chi connectivity index (χ1v) is 8.94. The summed E-state index contributed by atoms with van der Waals surface area (Å²) in [4.78, 5) is 26.7. The molecule has 1 aliphatic rings. The zero-order chi connectivity index (χ0) is 19.4. The molecule has 8 heteroatoms. The van der Waals surface area contributed by atoms with E-state index in [-0.39, 0.29) is 22.4 Å². The Hall–Kier alpha value is -2.41. The highest BCUT2D eigenvalue weighted by Gasteiger charge is 2.34. The van der Waals surface area contributed by atoms with E-state index in [9.17, 15) is 14.7 Å². The summed E-state index contributed by atoms with van der Waals surface area (Å²) in [7, 11) is 0. The molecule has 0 radical (unpaired) electrons. The number of halogens is 1. The van der Waals surface area contributed by atoms with Crippen LogP contribution in [0.15, 0.2) is 23.4 Å². The van der Waals surface area contributed by atoms with E-state index in [2.05, 4.69) is 10.6 Å². The summed E-state index contributed by atoms with van der Waals surface area (Å²) in [6.45, 7) is 8.69. The van der Waals surface area contributed by atoms with Gasteiger partial charge in [-0.05, 0) is 33.8 Å². The summed E-state index contributed by atoms with van der Waals surface area (Å²) in [6, 6.07) is 1.74. The average molecular weight is 382 g/mol. The first kappa shape index (κ1) is 19.9. The first-order valence-electron chi connectivity index (χ1n) is 8.56. The Morgan fingerprint density at radius 3 is 2.54 bits per heavy atom. The second-order valence-electron chi connectivity index (χ2n) is 5.82. The number of ether oxygens (including phenoxy) is 1. The number of nitrogens with zero attached hydrogens (tertiary/aromatic N) is 1. The molecule has 0 saturated carbocycles. The van der Waals surface area contributed by atoms with Gasteiger partial charge in [0, 0.05) is 30.4 Å². The lowest BCUT2D eigenvalue weighted by Gasteiger charge is -2.32. The number of urea groups is 1. The van der Waals surface area contributed by atoms with E-state index in [4.69, 9.17) is 16.3 Å². The van der Waals surface area contributed by atoms with E-state index in [1.54, 1.807) is 24.8 Å². The molecule has 0 aliphatic carbocycles. The second-order valence-corrected chi connectivity index (χ2v) is 6.23. The minimum Gasteiger partial charge on any atom is -0.504 e. The van der Waals surface area contributed by atoms with Crippen LogP contribution < -0.4 is 15.4 Å². The van der Waals surface area contributed by atoms with Gasteiger partial charge in [0.15, 0.2) is 11.5 Å². The highest BCUT2D eigenvalue weighted by Crippen LogP contribution is 2.39. The van der Waals surface area contributed by atoms with E-state index >= 15 is 0 Å². The van der Waals surface area contributed by atoms with Crippen molar-refractivity contribution in [3.05, 3.63) is 34.0 Å². The number of benzene rings is 1. The van der Waals surface area contributed by atoms with E-state index in [1.807, 2.05) is 13.8 Å². The Balaban J connectivity index is 2.58. The van der Waals surface area contributed by atoms with Gasteiger partial charge in [-0.25, -0.2) is 4.79 Å². The van der Waals surface area contributed by atoms with Crippen molar-refractivity contribution in [1.29, 1.82) is 0 Å². The Labute approximate surface area is 158 Å². The van der Waals surface area contributed by atoms with Gasteiger partial charge in [-0.1, -0.05) is 11.6 Å². The number of phenolic OH excluding ortho intramolecular Hbond substituents is 1. The smallest absolute Gasteiger partial charge is 0.319 e. The number of aromatic hydroxyl groups is 1. The molecule has 3 amide bonds. The van der Waals surface area contributed by atoms with Crippen molar-refractivity contribution < 1.29 is 19.4 Å². The van der Waals surface area contributed by atoms with Crippen molar-refractivity contribution in [1.82, 2.24) is 15.5 Å². The van der Waals surface area contributed by atoms with Gasteiger partial charge in [0.05, 0.1) is 23.2 Å². The molecule has 0 bridgehead atoms. The van der Waals surface area contributed by atoms with E-state index < -0.39 is 12.1 Å². The van der Waals surface area contributed by atoms with Crippen molar-refractivity contribution in [3.63, 3.8) is 0 Å². The molecule has 0 unspecified atom stereocenters. The molecule has 1 atom stereocenters. The summed E-state index contributed by atoms with van der Waals surface area (Å²) in [6.07, 6.45) is 0. The Bertz CT molecular complexity index is 744. The number of phenols is 1. The van der Waals surface area contributed by atoms with Crippen molar-refractivity contribution in [2.75, 3.05) is 19.7 Å². The third kappa shape index (κ3) is 3.88. The fourth-order valence-corrected chi connectivity index (χ4v) is 3.21. The molecule has 1 aromatic rings. The van der Waals surface area contributed by atoms with E-state index in [0.29, 0.717) is 36.5 Å². The SMILES string of the molecule is CCOc1cc([C@@H]2NC(=O)NC(C)=C2C(=O)N(CC)CC)c(Cl)cc1O. The fraction of sp³-hybridized carbons (Fsp3) is 0.444. The Kier molecular flexibility index (Phi) is 6.37. The van der Waals surface area contributed by atoms with Gasteiger partial charge in [-0.3, -0.25) is 4.79 Å². The number of amides is 3. The lowest BCUT2D eigenvalue weighted by molar-refractivity contribution is -0.127. The summed E-state index contributed by atoms with van der Waals surface area (Å²) in [5.74, 6) is -0.0442. The Morgan fingerprint density at radius 2 is 1.96 bits per heavy atom. The van der Waals surface area contributed by atoms with Gasteiger partial charge < -0.3 is 25.4 Å². The fourth-order valence-electron chi connectivity index (χ4n) is 2.94. The monoisotopic (exact) mass is 381 g/mol. The van der Waals surface area contributed by atoms with Gasteiger partial charge >= 0.3 is 6.03 Å². The predicted molar refractivity (Wildman–Crippen MR) is 99.3 cm³/mol. The number of likely N-dealkylation sites (N-methyl/N-ethyl adjacent to an activating group) is 1. The molecule has 1 aliphatic heterocycles. The molecule has 142 valence electrons. The molecule has 0 saturated heterocycles. The molecular formula is C18H24ClN3O4. The van der Waals surface area contributed by atoms with E-state index in [1.165, 1.54) is 6.07 Å². The van der Waals surface area contributed by atoms with Crippen LogP contribution >= 0.6 is 11.6 Å². The number of carbonyl (C=O) groups is 2. The van der Waals surface area contributed by atoms with Crippen LogP contribution in [0.25, 0.3) is 0 Å². The van der Waals surface area contributed by atoms with Crippen molar-refractivity contribution in [2.45, 2.75) is 33.7 Å². The Morgan fingerprint density at radius 1 is 1.31 bits per heavy atom. The number of allylic oxidation sites excluding steroid dienone is 1. The molecule has 26 heavy (non-hydrogen) atoms. The van der Waals surface area contributed by atoms with Crippen LogP contribution in [0.3, 0.4) is 0 Å². The van der Waals surface area contributed by atoms with Gasteiger partial charge in [-0.2, -0.15) is 0 Å². The van der Waals surface area contributed by atoms with Crippen LogP contribution in [0.5, 0.6) is 11.5 Å². The molecule has 0 fully saturated rings. The molecule has 3 N–H and O–H groups in total. The predicted octanol–water partition coefficient (Wildman–Crippen LogP) is 2.94. The maximum atomic E-state index is 13.0. The first-order chi connectivity index (χ1) is 12.3. The van der Waals surface area contributed by atoms with Crippen LogP contribution in [-0.4, -0.2) is 41.6 Å². The number of rotatable bonds is 6. The summed E-state index contributed by atoms with van der Waals surface area (Å²) < 4.78 is 5.41. The van der Waals surface area contributed by atoms with Crippen molar-refractivity contribution in [2.24, 2.45) is 0 Å². The number of nitrogens with one attached hydrogen (secondary N) is 2. The van der Waals surface area contributed by atoms with Crippen molar-refractivity contribution in [3.8, 4) is 11.5 Å². The minimum atomic E-state index is -0.746. The molecule has 0 spiro atoms. The lowest BCUT2D eigenvalue weighted by Crippen LogP contribution is -2.47. The normalized spacial score (nSPS) is 16.8. The van der Waals surface area contributed by atoms with Crippen LogP contribution in [0.1, 0.15) is 39.3 Å². The maximum absolute atomic E-state index is 13.0. The molecular weight excluding hydrogens is 358 g/mol. The third-order valence-corrected chi connectivity index (χ3v) is 4.57. The summed E-state index contributed by atoms with van der Waals surface area (Å²) in [5.41, 5.74) is 1.36. The highest BCUT2D eigenvalue weighted by atomic mass is 35.5. The van der Waals surface area contributed by atoms with Gasteiger partial charge in [0.1, 0.15) is 0 Å². The van der Waals surface area contributed by atoms with Crippen molar-refractivity contribution >= 4 is 23.5 Å². The largest absolute Gasteiger partial charge is 0.504 e. The van der Waals surface area contributed by atoms with Crippen LogP contribution in [0.4, 0.5) is 4.79 Å². The van der Waals surface area contributed by atoms with Crippen LogP contribution in [0.2, 0.25) is 5.02 Å². The average Bonchev–Trinajstić information content (AvgIpc) is 2.57. The second kappa shape index (κ2) is 8.31. The third-order valence-electron chi connectivity index (χ3n) is 4.24. The topological polar surface area (TPSA) is 90.9 Å². The molecule has 1 heterocycles. The zero-order valence-electron chi connectivity index (χ0n) is 15.4. The molecule has 2 rings (SSSR count). The summed E-state index contributed by atoms with van der Waals surface area (Å²) >= 11 is 6.31. The number of hydrogen-bond acceptors (Lipinski definition) is 4. The lowest BCUT2D eigenvalue weighted by atomic mass is 9.94. The number of carbonyl (C=O) groups excluding carboxylic acids is 2. The van der Waals surface area contributed by atoms with Gasteiger partial charge in [0.2, 0.25) is 0 Å². The van der Waals surface area contributed by atoms with Gasteiger partial charge in [0.25, 0.3) is 5.91 Å². The summed E-state index contributed by atoms with van der Waals surface area (Å²) in [5, 5.41) is 15.6. The van der Waals surface area contributed by atoms with Gasteiger partial charge in [-0.15, -0.1) is 0 Å². The van der Waals surface area contributed by atoms with Crippen LogP contribution in [0, 0.1) is 0 Å². The minimum absolute atomic E-state index is 0.0989. The standard InChI is InChI=1S/C18H24ClN3O4/c1-5-22(6-2)17(24)15-10(4)20-18(25)21-16(15)11-8-14(26-7-3)13(23)9-12(11)19/h8-9,16,23H,5-7H2,1-4H3,(H2,20,21,25)/t16-/m0/s1. The molecule has 0 aromatic heterocycles. The van der Waals surface area contributed by atoms with E-state index in [0.717, 1.165) is 0 Å². The quantitative estimate of drug-likeness (QED) is 0.706. The zero-order valence-corrected chi connectivity index (χ0v) is 16.1. The van der Waals surface area contributed by atoms with Crippen LogP contribution in [-0.2, 0) is 4.79 Å².